The maximum absolute atomic E-state index is 11.7. The van der Waals surface area contributed by atoms with Gasteiger partial charge in [0, 0.05) is 35.2 Å². The first-order valence-electron chi connectivity index (χ1n) is 4.91. The molecular formula is C12H12BrNO. The minimum absolute atomic E-state index is 0.234. The van der Waals surface area contributed by atoms with E-state index in [-0.39, 0.29) is 5.78 Å². The SMILES string of the molecule is C=CCN1CCC(=O)c2ccc(Br)cc21. The van der Waals surface area contributed by atoms with Crippen molar-refractivity contribution in [2.24, 2.45) is 0 Å². The number of nitrogens with zero attached hydrogens (tertiary/aromatic N) is 1. The second kappa shape index (κ2) is 4.19. The third-order valence-electron chi connectivity index (χ3n) is 2.56. The van der Waals surface area contributed by atoms with Gasteiger partial charge in [0.1, 0.15) is 0 Å². The topological polar surface area (TPSA) is 20.3 Å². The van der Waals surface area contributed by atoms with Crippen LogP contribution in [0.5, 0.6) is 0 Å². The normalized spacial score (nSPS) is 15.0. The molecule has 0 saturated carbocycles. The fourth-order valence-electron chi connectivity index (χ4n) is 1.84. The minimum Gasteiger partial charge on any atom is -0.367 e. The van der Waals surface area contributed by atoms with Gasteiger partial charge in [0.05, 0.1) is 0 Å². The van der Waals surface area contributed by atoms with Crippen LogP contribution in [0.3, 0.4) is 0 Å². The zero-order chi connectivity index (χ0) is 10.8. The van der Waals surface area contributed by atoms with Crippen molar-refractivity contribution in [2.75, 3.05) is 18.0 Å². The number of halogens is 1. The number of rotatable bonds is 2. The molecule has 0 fully saturated rings. The van der Waals surface area contributed by atoms with E-state index in [1.54, 1.807) is 0 Å². The lowest BCUT2D eigenvalue weighted by atomic mass is 10.0. The molecule has 78 valence electrons. The lowest BCUT2D eigenvalue weighted by Gasteiger charge is -2.29. The molecule has 0 atom stereocenters. The zero-order valence-electron chi connectivity index (χ0n) is 8.37. The number of hydrogen-bond donors (Lipinski definition) is 0. The van der Waals surface area contributed by atoms with Crippen LogP contribution in [0.1, 0.15) is 16.8 Å². The number of carbonyl (C=O) groups excluding carboxylic acids is 1. The van der Waals surface area contributed by atoms with Crippen molar-refractivity contribution in [3.05, 3.63) is 40.9 Å². The molecule has 2 rings (SSSR count). The van der Waals surface area contributed by atoms with Crippen molar-refractivity contribution in [2.45, 2.75) is 6.42 Å². The van der Waals surface area contributed by atoms with Crippen LogP contribution in [-0.4, -0.2) is 18.9 Å². The molecule has 1 aromatic rings. The van der Waals surface area contributed by atoms with Crippen molar-refractivity contribution in [3.63, 3.8) is 0 Å². The first kappa shape index (κ1) is 10.4. The van der Waals surface area contributed by atoms with Gasteiger partial charge >= 0.3 is 0 Å². The van der Waals surface area contributed by atoms with E-state index in [2.05, 4.69) is 27.4 Å². The lowest BCUT2D eigenvalue weighted by molar-refractivity contribution is 0.0980. The molecule has 0 radical (unpaired) electrons. The van der Waals surface area contributed by atoms with E-state index in [1.165, 1.54) is 0 Å². The Labute approximate surface area is 97.7 Å². The largest absolute Gasteiger partial charge is 0.367 e. The summed E-state index contributed by atoms with van der Waals surface area (Å²) < 4.78 is 1.00. The first-order chi connectivity index (χ1) is 7.22. The molecule has 1 aromatic carbocycles. The number of Topliss-reactive ketones (excluding diaryl/α,β-unsaturated/α-hetero) is 1. The summed E-state index contributed by atoms with van der Waals surface area (Å²) in [6.07, 6.45) is 2.46. The summed E-state index contributed by atoms with van der Waals surface area (Å²) in [6, 6.07) is 5.79. The van der Waals surface area contributed by atoms with E-state index < -0.39 is 0 Å². The fraction of sp³-hybridized carbons (Fsp3) is 0.250. The Balaban J connectivity index is 2.46. The average molecular weight is 266 g/mol. The molecule has 0 unspecified atom stereocenters. The molecule has 0 aliphatic carbocycles. The van der Waals surface area contributed by atoms with Gasteiger partial charge < -0.3 is 4.90 Å². The molecule has 1 aliphatic heterocycles. The summed E-state index contributed by atoms with van der Waals surface area (Å²) in [6.45, 7) is 5.31. The molecule has 2 nitrogen and oxygen atoms in total. The van der Waals surface area contributed by atoms with Crippen LogP contribution in [0.4, 0.5) is 5.69 Å². The zero-order valence-corrected chi connectivity index (χ0v) is 9.96. The van der Waals surface area contributed by atoms with E-state index in [1.807, 2.05) is 24.3 Å². The van der Waals surface area contributed by atoms with Crippen LogP contribution in [-0.2, 0) is 0 Å². The number of anilines is 1. The highest BCUT2D eigenvalue weighted by Gasteiger charge is 2.21. The Morgan fingerprint density at radius 3 is 3.07 bits per heavy atom. The molecule has 15 heavy (non-hydrogen) atoms. The Bertz CT molecular complexity index is 414. The summed E-state index contributed by atoms with van der Waals surface area (Å²) in [7, 11) is 0. The monoisotopic (exact) mass is 265 g/mol. The predicted octanol–water partition coefficient (Wildman–Crippen LogP) is 3.03. The highest BCUT2D eigenvalue weighted by atomic mass is 79.9. The molecule has 1 aliphatic rings. The van der Waals surface area contributed by atoms with Gasteiger partial charge in [-0.05, 0) is 18.2 Å². The lowest BCUT2D eigenvalue weighted by Crippen LogP contribution is -2.32. The van der Waals surface area contributed by atoms with Crippen LogP contribution in [0.25, 0.3) is 0 Å². The number of carbonyl (C=O) groups is 1. The molecule has 0 bridgehead atoms. The van der Waals surface area contributed by atoms with Gasteiger partial charge in [-0.2, -0.15) is 0 Å². The highest BCUT2D eigenvalue weighted by molar-refractivity contribution is 9.10. The summed E-state index contributed by atoms with van der Waals surface area (Å²) >= 11 is 3.43. The number of ketones is 1. The standard InChI is InChI=1S/C12H12BrNO/c1-2-6-14-7-5-12(15)10-4-3-9(13)8-11(10)14/h2-4,8H,1,5-7H2. The molecule has 0 saturated heterocycles. The predicted molar refractivity (Wildman–Crippen MR) is 65.5 cm³/mol. The summed E-state index contributed by atoms with van der Waals surface area (Å²) in [5.41, 5.74) is 1.84. The van der Waals surface area contributed by atoms with Gasteiger partial charge in [-0.1, -0.05) is 22.0 Å². The molecule has 0 amide bonds. The van der Waals surface area contributed by atoms with Gasteiger partial charge in [-0.25, -0.2) is 0 Å². The van der Waals surface area contributed by atoms with Crippen molar-refractivity contribution >= 4 is 27.4 Å². The van der Waals surface area contributed by atoms with Crippen LogP contribution in [0.2, 0.25) is 0 Å². The Hall–Kier alpha value is -1.09. The summed E-state index contributed by atoms with van der Waals surface area (Å²) in [5.74, 6) is 0.234. The highest BCUT2D eigenvalue weighted by Crippen LogP contribution is 2.29. The molecule has 3 heteroatoms. The van der Waals surface area contributed by atoms with Crippen LogP contribution < -0.4 is 4.90 Å². The third-order valence-corrected chi connectivity index (χ3v) is 3.05. The van der Waals surface area contributed by atoms with Gasteiger partial charge in [-0.15, -0.1) is 6.58 Å². The summed E-state index contributed by atoms with van der Waals surface area (Å²) in [5, 5.41) is 0. The average Bonchev–Trinajstić information content (AvgIpc) is 2.22. The van der Waals surface area contributed by atoms with Gasteiger partial charge in [-0.3, -0.25) is 4.79 Å². The smallest absolute Gasteiger partial charge is 0.166 e. The van der Waals surface area contributed by atoms with Crippen LogP contribution >= 0.6 is 15.9 Å². The van der Waals surface area contributed by atoms with E-state index >= 15 is 0 Å². The van der Waals surface area contributed by atoms with E-state index in [4.69, 9.17) is 0 Å². The molecule has 0 N–H and O–H groups in total. The first-order valence-corrected chi connectivity index (χ1v) is 5.70. The van der Waals surface area contributed by atoms with E-state index in [9.17, 15) is 4.79 Å². The number of hydrogen-bond acceptors (Lipinski definition) is 2. The maximum Gasteiger partial charge on any atom is 0.166 e. The van der Waals surface area contributed by atoms with Gasteiger partial charge in [0.2, 0.25) is 0 Å². The van der Waals surface area contributed by atoms with Gasteiger partial charge in [0.15, 0.2) is 5.78 Å². The molecular weight excluding hydrogens is 254 g/mol. The fourth-order valence-corrected chi connectivity index (χ4v) is 2.19. The minimum atomic E-state index is 0.234. The van der Waals surface area contributed by atoms with E-state index in [0.717, 1.165) is 28.8 Å². The van der Waals surface area contributed by atoms with Crippen molar-refractivity contribution in [1.82, 2.24) is 0 Å². The second-order valence-corrected chi connectivity index (χ2v) is 4.49. The maximum atomic E-state index is 11.7. The van der Waals surface area contributed by atoms with Crippen LogP contribution in [0.15, 0.2) is 35.3 Å². The number of fused-ring (bicyclic) bond motifs is 1. The molecule has 1 heterocycles. The van der Waals surface area contributed by atoms with Gasteiger partial charge in [0.25, 0.3) is 0 Å². The van der Waals surface area contributed by atoms with E-state index in [0.29, 0.717) is 6.42 Å². The van der Waals surface area contributed by atoms with Crippen molar-refractivity contribution in [3.8, 4) is 0 Å². The Kier molecular flexibility index (Phi) is 2.91. The van der Waals surface area contributed by atoms with Crippen molar-refractivity contribution < 1.29 is 4.79 Å². The van der Waals surface area contributed by atoms with Crippen LogP contribution in [0, 0.1) is 0 Å². The Morgan fingerprint density at radius 2 is 2.33 bits per heavy atom. The summed E-state index contributed by atoms with van der Waals surface area (Å²) in [4.78, 5) is 13.9. The van der Waals surface area contributed by atoms with Crippen molar-refractivity contribution in [1.29, 1.82) is 0 Å². The molecule has 0 aromatic heterocycles. The molecule has 0 spiro atoms. The second-order valence-electron chi connectivity index (χ2n) is 3.57. The quantitative estimate of drug-likeness (QED) is 0.767. The third kappa shape index (κ3) is 1.97. The Morgan fingerprint density at radius 1 is 1.53 bits per heavy atom. The number of benzene rings is 1.